The van der Waals surface area contributed by atoms with Gasteiger partial charge < -0.3 is 4.74 Å². The number of ether oxygens (including phenoxy) is 1. The molecule has 0 aliphatic heterocycles. The summed E-state index contributed by atoms with van der Waals surface area (Å²) >= 11 is 1.33. The molecular formula is C18H17N3O2S. The molecule has 1 amide bonds. The number of nitrogens with zero attached hydrogens (tertiary/aromatic N) is 2. The van der Waals surface area contributed by atoms with Gasteiger partial charge in [-0.15, -0.1) is 10.2 Å². The van der Waals surface area contributed by atoms with Gasteiger partial charge in [0, 0.05) is 5.56 Å². The first-order valence-electron chi connectivity index (χ1n) is 7.55. The van der Waals surface area contributed by atoms with Crippen molar-refractivity contribution >= 4 is 22.4 Å². The maximum atomic E-state index is 12.2. The van der Waals surface area contributed by atoms with Crippen molar-refractivity contribution in [2.45, 2.75) is 20.0 Å². The number of carbonyl (C=O) groups excluding carboxylic acids is 1. The van der Waals surface area contributed by atoms with E-state index in [0.717, 1.165) is 16.1 Å². The third-order valence-electron chi connectivity index (χ3n) is 3.38. The SMILES string of the molecule is Cc1ccc(OC(C)C(=O)Nc2nnc(-c3ccccc3)s2)cc1. The fourth-order valence-electron chi connectivity index (χ4n) is 2.05. The van der Waals surface area contributed by atoms with Crippen LogP contribution in [0.1, 0.15) is 12.5 Å². The van der Waals surface area contributed by atoms with Crippen LogP contribution in [0.5, 0.6) is 5.75 Å². The largest absolute Gasteiger partial charge is 0.481 e. The van der Waals surface area contributed by atoms with Crippen LogP contribution >= 0.6 is 11.3 Å². The first kappa shape index (κ1) is 16.1. The van der Waals surface area contributed by atoms with Crippen LogP contribution in [-0.4, -0.2) is 22.2 Å². The molecule has 24 heavy (non-hydrogen) atoms. The van der Waals surface area contributed by atoms with E-state index in [9.17, 15) is 4.79 Å². The van der Waals surface area contributed by atoms with Gasteiger partial charge in [-0.1, -0.05) is 59.4 Å². The Labute approximate surface area is 144 Å². The van der Waals surface area contributed by atoms with Crippen molar-refractivity contribution < 1.29 is 9.53 Å². The van der Waals surface area contributed by atoms with Gasteiger partial charge in [-0.05, 0) is 26.0 Å². The van der Waals surface area contributed by atoms with Crippen LogP contribution < -0.4 is 10.1 Å². The lowest BCUT2D eigenvalue weighted by Crippen LogP contribution is -2.30. The predicted molar refractivity (Wildman–Crippen MR) is 95.2 cm³/mol. The summed E-state index contributed by atoms with van der Waals surface area (Å²) in [5.74, 6) is 0.400. The summed E-state index contributed by atoms with van der Waals surface area (Å²) < 4.78 is 5.64. The van der Waals surface area contributed by atoms with E-state index < -0.39 is 6.10 Å². The molecule has 1 aromatic heterocycles. The molecule has 0 spiro atoms. The van der Waals surface area contributed by atoms with E-state index in [1.807, 2.05) is 61.5 Å². The molecule has 1 atom stereocenters. The Hall–Kier alpha value is -2.73. The summed E-state index contributed by atoms with van der Waals surface area (Å²) in [5.41, 5.74) is 2.11. The van der Waals surface area contributed by atoms with Crippen LogP contribution in [0.2, 0.25) is 0 Å². The minimum atomic E-state index is -0.628. The van der Waals surface area contributed by atoms with Crippen molar-refractivity contribution in [3.8, 4) is 16.3 Å². The summed E-state index contributed by atoms with van der Waals surface area (Å²) in [6, 6.07) is 17.3. The second kappa shape index (κ2) is 7.23. The molecule has 3 rings (SSSR count). The zero-order chi connectivity index (χ0) is 16.9. The second-order valence-corrected chi connectivity index (χ2v) is 6.32. The highest BCUT2D eigenvalue weighted by molar-refractivity contribution is 7.18. The van der Waals surface area contributed by atoms with E-state index in [2.05, 4.69) is 15.5 Å². The van der Waals surface area contributed by atoms with Crippen LogP contribution in [0.4, 0.5) is 5.13 Å². The molecule has 6 heteroatoms. The van der Waals surface area contributed by atoms with Crippen molar-refractivity contribution in [1.29, 1.82) is 0 Å². The zero-order valence-electron chi connectivity index (χ0n) is 13.4. The van der Waals surface area contributed by atoms with Crippen molar-refractivity contribution in [2.24, 2.45) is 0 Å². The Kier molecular flexibility index (Phi) is 4.86. The molecular weight excluding hydrogens is 322 g/mol. The highest BCUT2D eigenvalue weighted by Gasteiger charge is 2.17. The van der Waals surface area contributed by atoms with Gasteiger partial charge in [0.05, 0.1) is 0 Å². The van der Waals surface area contributed by atoms with Crippen LogP contribution in [-0.2, 0) is 4.79 Å². The average molecular weight is 339 g/mol. The Morgan fingerprint density at radius 2 is 1.79 bits per heavy atom. The van der Waals surface area contributed by atoms with E-state index in [-0.39, 0.29) is 5.91 Å². The molecule has 122 valence electrons. The smallest absolute Gasteiger partial charge is 0.266 e. The normalized spacial score (nSPS) is 11.8. The molecule has 0 fully saturated rings. The van der Waals surface area contributed by atoms with Crippen LogP contribution in [0, 0.1) is 6.92 Å². The number of hydrogen-bond acceptors (Lipinski definition) is 5. The molecule has 3 aromatic rings. The lowest BCUT2D eigenvalue weighted by atomic mass is 10.2. The first-order chi connectivity index (χ1) is 11.6. The van der Waals surface area contributed by atoms with Gasteiger partial charge in [0.1, 0.15) is 10.8 Å². The molecule has 0 bridgehead atoms. The number of carbonyl (C=O) groups is 1. The number of nitrogens with one attached hydrogen (secondary N) is 1. The highest BCUT2D eigenvalue weighted by Crippen LogP contribution is 2.26. The minimum absolute atomic E-state index is 0.258. The molecule has 2 aromatic carbocycles. The molecule has 1 heterocycles. The first-order valence-corrected chi connectivity index (χ1v) is 8.36. The van der Waals surface area contributed by atoms with Gasteiger partial charge in [0.15, 0.2) is 6.10 Å². The molecule has 0 saturated carbocycles. The van der Waals surface area contributed by atoms with E-state index >= 15 is 0 Å². The third kappa shape index (κ3) is 3.97. The number of anilines is 1. The number of amides is 1. The highest BCUT2D eigenvalue weighted by atomic mass is 32.1. The molecule has 1 N–H and O–H groups in total. The van der Waals surface area contributed by atoms with Crippen LogP contribution in [0.15, 0.2) is 54.6 Å². The number of aryl methyl sites for hydroxylation is 1. The zero-order valence-corrected chi connectivity index (χ0v) is 14.2. The molecule has 0 aliphatic rings. The second-order valence-electron chi connectivity index (χ2n) is 5.34. The van der Waals surface area contributed by atoms with E-state index in [1.165, 1.54) is 11.3 Å². The van der Waals surface area contributed by atoms with Gasteiger partial charge in [-0.25, -0.2) is 0 Å². The predicted octanol–water partition coefficient (Wildman–Crippen LogP) is 3.92. The Bertz CT molecular complexity index is 816. The molecule has 5 nitrogen and oxygen atoms in total. The number of aromatic nitrogens is 2. The quantitative estimate of drug-likeness (QED) is 0.765. The van der Waals surface area contributed by atoms with E-state index in [1.54, 1.807) is 6.92 Å². The standard InChI is InChI=1S/C18H17N3O2S/c1-12-8-10-15(11-9-12)23-13(2)16(22)19-18-21-20-17(24-18)14-6-4-3-5-7-14/h3-11,13H,1-2H3,(H,19,21,22). The van der Waals surface area contributed by atoms with Gasteiger partial charge >= 0.3 is 0 Å². The Balaban J connectivity index is 1.62. The average Bonchev–Trinajstić information content (AvgIpc) is 3.06. The van der Waals surface area contributed by atoms with Gasteiger partial charge in [-0.3, -0.25) is 10.1 Å². The number of hydrogen-bond donors (Lipinski definition) is 1. The molecule has 0 aliphatic carbocycles. The topological polar surface area (TPSA) is 64.1 Å². The maximum Gasteiger partial charge on any atom is 0.266 e. The summed E-state index contributed by atoms with van der Waals surface area (Å²) in [4.78, 5) is 12.2. The van der Waals surface area contributed by atoms with Crippen molar-refractivity contribution in [3.63, 3.8) is 0 Å². The maximum absolute atomic E-state index is 12.2. The van der Waals surface area contributed by atoms with Gasteiger partial charge in [0.2, 0.25) is 5.13 Å². The molecule has 0 saturated heterocycles. The van der Waals surface area contributed by atoms with Crippen molar-refractivity contribution in [2.75, 3.05) is 5.32 Å². The lowest BCUT2D eigenvalue weighted by molar-refractivity contribution is -0.122. The summed E-state index contributed by atoms with van der Waals surface area (Å²) in [6.07, 6.45) is -0.628. The van der Waals surface area contributed by atoms with Crippen molar-refractivity contribution in [3.05, 3.63) is 60.2 Å². The van der Waals surface area contributed by atoms with E-state index in [0.29, 0.717) is 10.9 Å². The third-order valence-corrected chi connectivity index (χ3v) is 4.27. The van der Waals surface area contributed by atoms with E-state index in [4.69, 9.17) is 4.74 Å². The summed E-state index contributed by atoms with van der Waals surface area (Å²) in [5, 5.41) is 12.1. The Morgan fingerprint density at radius 1 is 1.08 bits per heavy atom. The van der Waals surface area contributed by atoms with Crippen LogP contribution in [0.3, 0.4) is 0 Å². The molecule has 0 radical (unpaired) electrons. The summed E-state index contributed by atoms with van der Waals surface area (Å²) in [6.45, 7) is 3.70. The number of benzene rings is 2. The fraction of sp³-hybridized carbons (Fsp3) is 0.167. The monoisotopic (exact) mass is 339 g/mol. The lowest BCUT2D eigenvalue weighted by Gasteiger charge is -2.13. The number of rotatable bonds is 5. The fourth-order valence-corrected chi connectivity index (χ4v) is 2.80. The van der Waals surface area contributed by atoms with Crippen molar-refractivity contribution in [1.82, 2.24) is 10.2 Å². The summed E-state index contributed by atoms with van der Waals surface area (Å²) in [7, 11) is 0. The molecule has 1 unspecified atom stereocenters. The Morgan fingerprint density at radius 3 is 2.50 bits per heavy atom. The van der Waals surface area contributed by atoms with Gasteiger partial charge in [0.25, 0.3) is 5.91 Å². The van der Waals surface area contributed by atoms with Gasteiger partial charge in [-0.2, -0.15) is 0 Å². The van der Waals surface area contributed by atoms with Crippen LogP contribution in [0.25, 0.3) is 10.6 Å². The minimum Gasteiger partial charge on any atom is -0.481 e.